The lowest BCUT2D eigenvalue weighted by Gasteiger charge is -2.15. The average Bonchev–Trinajstić information content (AvgIpc) is 2.42. The Balaban J connectivity index is 2.81. The monoisotopic (exact) mass is 277 g/mol. The van der Waals surface area contributed by atoms with Crippen molar-refractivity contribution in [2.24, 2.45) is 0 Å². The van der Waals surface area contributed by atoms with Crippen LogP contribution in [0.2, 0.25) is 0 Å². The van der Waals surface area contributed by atoms with Gasteiger partial charge >= 0.3 is 5.97 Å². The van der Waals surface area contributed by atoms with Crippen molar-refractivity contribution in [2.45, 2.75) is 26.3 Å². The van der Waals surface area contributed by atoms with E-state index in [1.165, 1.54) is 19.2 Å². The number of methoxy groups -OCH3 is 1. The van der Waals surface area contributed by atoms with E-state index in [1.807, 2.05) is 19.9 Å². The zero-order chi connectivity index (χ0) is 15.1. The van der Waals surface area contributed by atoms with Gasteiger partial charge in [0.15, 0.2) is 0 Å². The first kappa shape index (κ1) is 15.8. The number of aromatic hydroxyl groups is 1. The summed E-state index contributed by atoms with van der Waals surface area (Å²) in [6, 6.07) is 5.19. The molecular weight excluding hydrogens is 258 g/mol. The quantitative estimate of drug-likeness (QED) is 0.637. The number of carbonyl (C=O) groups is 2. The van der Waals surface area contributed by atoms with Gasteiger partial charge in [-0.15, -0.1) is 0 Å². The molecule has 0 aliphatic rings. The van der Waals surface area contributed by atoms with Crippen LogP contribution < -0.4 is 5.32 Å². The highest BCUT2D eigenvalue weighted by Crippen LogP contribution is 2.11. The lowest BCUT2D eigenvalue weighted by Crippen LogP contribution is -2.41. The molecule has 0 aliphatic heterocycles. The van der Waals surface area contributed by atoms with Gasteiger partial charge in [-0.25, -0.2) is 4.79 Å². The molecule has 1 aromatic carbocycles. The molecule has 20 heavy (non-hydrogen) atoms. The highest BCUT2D eigenvalue weighted by molar-refractivity contribution is 5.97. The van der Waals surface area contributed by atoms with Crippen LogP contribution in [0.4, 0.5) is 0 Å². The molecule has 5 nitrogen and oxygen atoms in total. The summed E-state index contributed by atoms with van der Waals surface area (Å²) in [5, 5.41) is 11.9. The second-order valence-corrected chi connectivity index (χ2v) is 4.62. The molecule has 0 unspecified atom stereocenters. The Hall–Kier alpha value is -2.30. The zero-order valence-corrected chi connectivity index (χ0v) is 11.8. The Bertz CT molecular complexity index is 518. The summed E-state index contributed by atoms with van der Waals surface area (Å²) in [4.78, 5) is 23.7. The molecule has 0 aromatic heterocycles. The van der Waals surface area contributed by atoms with Crippen molar-refractivity contribution in [1.29, 1.82) is 0 Å². The van der Waals surface area contributed by atoms with Gasteiger partial charge in [0.2, 0.25) is 0 Å². The Kier molecular flexibility index (Phi) is 5.77. The molecule has 1 aromatic rings. The summed E-state index contributed by atoms with van der Waals surface area (Å²) in [6.07, 6.45) is 2.21. The maximum absolute atomic E-state index is 12.0. The van der Waals surface area contributed by atoms with Gasteiger partial charge in [-0.2, -0.15) is 0 Å². The number of carbonyl (C=O) groups excluding carboxylic acids is 2. The van der Waals surface area contributed by atoms with Crippen LogP contribution in [0.5, 0.6) is 5.75 Å². The molecular formula is C15H19NO4. The maximum atomic E-state index is 12.0. The zero-order valence-electron chi connectivity index (χ0n) is 11.8. The number of ether oxygens (including phenoxy) is 1. The summed E-state index contributed by atoms with van der Waals surface area (Å²) in [7, 11) is 1.28. The molecule has 108 valence electrons. The van der Waals surface area contributed by atoms with E-state index in [0.717, 1.165) is 5.57 Å². The smallest absolute Gasteiger partial charge is 0.328 e. The molecule has 0 saturated heterocycles. The fourth-order valence-electron chi connectivity index (χ4n) is 1.60. The lowest BCUT2D eigenvalue weighted by atomic mass is 10.1. The van der Waals surface area contributed by atoms with E-state index < -0.39 is 17.9 Å². The number of amides is 1. The average molecular weight is 277 g/mol. The number of nitrogens with one attached hydrogen (secondary N) is 1. The van der Waals surface area contributed by atoms with Gasteiger partial charge in [-0.3, -0.25) is 4.79 Å². The van der Waals surface area contributed by atoms with Gasteiger partial charge in [-0.05, 0) is 38.5 Å². The first-order valence-corrected chi connectivity index (χ1v) is 6.25. The summed E-state index contributed by atoms with van der Waals surface area (Å²) in [5.74, 6) is -0.939. The molecule has 5 heteroatoms. The van der Waals surface area contributed by atoms with E-state index in [-0.39, 0.29) is 11.3 Å². The molecule has 0 heterocycles. The van der Waals surface area contributed by atoms with Crippen molar-refractivity contribution >= 4 is 11.9 Å². The van der Waals surface area contributed by atoms with Crippen molar-refractivity contribution in [2.75, 3.05) is 7.11 Å². The minimum absolute atomic E-state index is 0.00318. The number of phenolic OH excluding ortho intramolecular Hbond substituents is 1. The number of benzene rings is 1. The number of rotatable bonds is 5. The molecule has 1 amide bonds. The van der Waals surface area contributed by atoms with Gasteiger partial charge in [-0.1, -0.05) is 17.7 Å². The fourth-order valence-corrected chi connectivity index (χ4v) is 1.60. The van der Waals surface area contributed by atoms with E-state index in [0.29, 0.717) is 6.42 Å². The Morgan fingerprint density at radius 3 is 2.65 bits per heavy atom. The molecule has 0 bridgehead atoms. The Morgan fingerprint density at radius 2 is 2.10 bits per heavy atom. The van der Waals surface area contributed by atoms with Crippen LogP contribution in [-0.2, 0) is 9.53 Å². The van der Waals surface area contributed by atoms with Crippen molar-refractivity contribution in [3.05, 3.63) is 41.5 Å². The van der Waals surface area contributed by atoms with Gasteiger partial charge in [0.1, 0.15) is 11.8 Å². The van der Waals surface area contributed by atoms with Crippen molar-refractivity contribution in [3.63, 3.8) is 0 Å². The molecule has 0 saturated carbocycles. The third-order valence-electron chi connectivity index (χ3n) is 2.66. The molecule has 0 radical (unpaired) electrons. The van der Waals surface area contributed by atoms with Crippen LogP contribution in [0.3, 0.4) is 0 Å². The molecule has 0 spiro atoms. The van der Waals surface area contributed by atoms with E-state index in [4.69, 9.17) is 0 Å². The molecule has 2 N–H and O–H groups in total. The van der Waals surface area contributed by atoms with Gasteiger partial charge < -0.3 is 15.2 Å². The van der Waals surface area contributed by atoms with E-state index in [2.05, 4.69) is 10.1 Å². The number of esters is 1. The van der Waals surface area contributed by atoms with Crippen molar-refractivity contribution in [1.82, 2.24) is 5.32 Å². The predicted molar refractivity (Wildman–Crippen MR) is 75.4 cm³/mol. The molecule has 1 atom stereocenters. The van der Waals surface area contributed by atoms with Gasteiger partial charge in [0.25, 0.3) is 5.91 Å². The van der Waals surface area contributed by atoms with Crippen LogP contribution in [0.1, 0.15) is 30.6 Å². The number of hydrogen-bond donors (Lipinski definition) is 2. The van der Waals surface area contributed by atoms with Gasteiger partial charge in [0, 0.05) is 5.56 Å². The largest absolute Gasteiger partial charge is 0.508 e. The third kappa shape index (κ3) is 4.76. The summed E-state index contributed by atoms with van der Waals surface area (Å²) in [5.41, 5.74) is 1.33. The minimum Gasteiger partial charge on any atom is -0.508 e. The van der Waals surface area contributed by atoms with Crippen molar-refractivity contribution < 1.29 is 19.4 Å². The number of allylic oxidation sites excluding steroid dienone is 1. The summed E-state index contributed by atoms with van der Waals surface area (Å²) < 4.78 is 4.67. The number of phenols is 1. The summed E-state index contributed by atoms with van der Waals surface area (Å²) >= 11 is 0. The van der Waals surface area contributed by atoms with E-state index in [9.17, 15) is 14.7 Å². The lowest BCUT2D eigenvalue weighted by molar-refractivity contribution is -0.142. The Labute approximate surface area is 118 Å². The normalized spacial score (nSPS) is 11.3. The standard InChI is InChI=1S/C15H19NO4/c1-10(2)7-8-13(15(19)20-3)16-14(18)11-5-4-6-12(17)9-11/h4-7,9,13,17H,8H2,1-3H3,(H,16,18)/t13-/m1/s1. The molecule has 0 fully saturated rings. The molecule has 0 aliphatic carbocycles. The van der Waals surface area contributed by atoms with Crippen LogP contribution in [-0.4, -0.2) is 30.1 Å². The second kappa shape index (κ2) is 7.33. The third-order valence-corrected chi connectivity index (χ3v) is 2.66. The Morgan fingerprint density at radius 1 is 1.40 bits per heavy atom. The van der Waals surface area contributed by atoms with Crippen LogP contribution >= 0.6 is 0 Å². The van der Waals surface area contributed by atoms with E-state index >= 15 is 0 Å². The molecule has 1 rings (SSSR count). The first-order chi connectivity index (χ1) is 9.43. The SMILES string of the molecule is COC(=O)[C@@H](CC=C(C)C)NC(=O)c1cccc(O)c1. The first-order valence-electron chi connectivity index (χ1n) is 6.25. The maximum Gasteiger partial charge on any atom is 0.328 e. The van der Waals surface area contributed by atoms with E-state index in [1.54, 1.807) is 12.1 Å². The van der Waals surface area contributed by atoms with Crippen LogP contribution in [0.15, 0.2) is 35.9 Å². The summed E-state index contributed by atoms with van der Waals surface area (Å²) in [6.45, 7) is 3.82. The minimum atomic E-state index is -0.746. The fraction of sp³-hybridized carbons (Fsp3) is 0.333. The highest BCUT2D eigenvalue weighted by atomic mass is 16.5. The second-order valence-electron chi connectivity index (χ2n) is 4.62. The van der Waals surface area contributed by atoms with Crippen LogP contribution in [0.25, 0.3) is 0 Å². The highest BCUT2D eigenvalue weighted by Gasteiger charge is 2.21. The number of hydrogen-bond acceptors (Lipinski definition) is 4. The van der Waals surface area contributed by atoms with Crippen molar-refractivity contribution in [3.8, 4) is 5.75 Å². The van der Waals surface area contributed by atoms with Gasteiger partial charge in [0.05, 0.1) is 7.11 Å². The van der Waals surface area contributed by atoms with Crippen LogP contribution in [0, 0.1) is 0 Å². The topological polar surface area (TPSA) is 75.6 Å². The predicted octanol–water partition coefficient (Wildman–Crippen LogP) is 2.02.